The van der Waals surface area contributed by atoms with Crippen LogP contribution in [0, 0.1) is 5.92 Å². The highest BCUT2D eigenvalue weighted by Gasteiger charge is 2.29. The van der Waals surface area contributed by atoms with Crippen molar-refractivity contribution in [2.24, 2.45) is 5.92 Å². The summed E-state index contributed by atoms with van der Waals surface area (Å²) in [7, 11) is 0. The summed E-state index contributed by atoms with van der Waals surface area (Å²) in [5.74, 6) is 0.126. The molecule has 1 amide bonds. The van der Waals surface area contributed by atoms with Gasteiger partial charge in [0.1, 0.15) is 0 Å². The van der Waals surface area contributed by atoms with Crippen molar-refractivity contribution in [3.05, 3.63) is 60.9 Å². The van der Waals surface area contributed by atoms with Gasteiger partial charge in [0.2, 0.25) is 5.91 Å². The minimum Gasteiger partial charge on any atom is -0.396 e. The van der Waals surface area contributed by atoms with E-state index < -0.39 is 0 Å². The van der Waals surface area contributed by atoms with Crippen molar-refractivity contribution in [3.8, 4) is 11.1 Å². The number of hydrogen-bond donors (Lipinski definition) is 1. The van der Waals surface area contributed by atoms with Crippen molar-refractivity contribution in [3.63, 3.8) is 0 Å². The Labute approximate surface area is 140 Å². The highest BCUT2D eigenvalue weighted by Crippen LogP contribution is 2.31. The zero-order valence-electron chi connectivity index (χ0n) is 13.2. The number of aliphatic hydroxyl groups is 1. The first-order valence-corrected chi connectivity index (χ1v) is 8.10. The molecule has 1 unspecified atom stereocenters. The van der Waals surface area contributed by atoms with E-state index in [0.29, 0.717) is 13.0 Å². The van der Waals surface area contributed by atoms with E-state index in [2.05, 4.69) is 17.1 Å². The second-order valence-electron chi connectivity index (χ2n) is 6.21. The zero-order chi connectivity index (χ0) is 16.5. The summed E-state index contributed by atoms with van der Waals surface area (Å²) in [6.07, 6.45) is 4.10. The SMILES string of the molecule is O=C1CC(CO)CN1c1ccc(-c2cccc3cnccc23)cc1. The van der Waals surface area contributed by atoms with Gasteiger partial charge < -0.3 is 10.0 Å². The number of carbonyl (C=O) groups excluding carboxylic acids is 1. The molecule has 1 aliphatic heterocycles. The van der Waals surface area contributed by atoms with Crippen molar-refractivity contribution in [1.82, 2.24) is 4.98 Å². The van der Waals surface area contributed by atoms with Gasteiger partial charge in [-0.15, -0.1) is 0 Å². The largest absolute Gasteiger partial charge is 0.396 e. The number of aliphatic hydroxyl groups excluding tert-OH is 1. The molecule has 4 heteroatoms. The molecule has 4 rings (SSSR count). The first-order valence-electron chi connectivity index (χ1n) is 8.10. The van der Waals surface area contributed by atoms with E-state index in [9.17, 15) is 9.90 Å². The van der Waals surface area contributed by atoms with Gasteiger partial charge in [-0.05, 0) is 34.7 Å². The summed E-state index contributed by atoms with van der Waals surface area (Å²) >= 11 is 0. The number of carbonyl (C=O) groups is 1. The Morgan fingerprint density at radius 1 is 1.12 bits per heavy atom. The molecule has 1 aromatic heterocycles. The molecule has 2 heterocycles. The molecule has 1 atom stereocenters. The smallest absolute Gasteiger partial charge is 0.227 e. The number of fused-ring (bicyclic) bond motifs is 1. The van der Waals surface area contributed by atoms with Crippen LogP contribution in [0.4, 0.5) is 5.69 Å². The molecule has 1 fully saturated rings. The van der Waals surface area contributed by atoms with Gasteiger partial charge in [-0.3, -0.25) is 9.78 Å². The average molecular weight is 318 g/mol. The van der Waals surface area contributed by atoms with Gasteiger partial charge in [-0.25, -0.2) is 0 Å². The molecular formula is C20H18N2O2. The van der Waals surface area contributed by atoms with E-state index in [1.54, 1.807) is 11.1 Å². The lowest BCUT2D eigenvalue weighted by atomic mass is 9.99. The van der Waals surface area contributed by atoms with E-state index in [1.165, 1.54) is 0 Å². The maximum absolute atomic E-state index is 12.1. The van der Waals surface area contributed by atoms with Gasteiger partial charge in [0.05, 0.1) is 0 Å². The highest BCUT2D eigenvalue weighted by molar-refractivity contribution is 5.98. The molecule has 24 heavy (non-hydrogen) atoms. The summed E-state index contributed by atoms with van der Waals surface area (Å²) < 4.78 is 0. The normalized spacial score (nSPS) is 17.6. The second kappa shape index (κ2) is 6.06. The quantitative estimate of drug-likeness (QED) is 0.806. The van der Waals surface area contributed by atoms with E-state index in [0.717, 1.165) is 27.6 Å². The monoisotopic (exact) mass is 318 g/mol. The third-order valence-corrected chi connectivity index (χ3v) is 4.63. The molecule has 1 saturated heterocycles. The standard InChI is InChI=1S/C20H18N2O2/c23-13-14-10-20(24)22(12-14)17-6-4-15(5-7-17)18-3-1-2-16-11-21-9-8-19(16)18/h1-9,11,14,23H,10,12-13H2. The summed E-state index contributed by atoms with van der Waals surface area (Å²) in [6.45, 7) is 0.652. The minimum absolute atomic E-state index is 0.0442. The second-order valence-corrected chi connectivity index (χ2v) is 6.21. The minimum atomic E-state index is 0.0442. The Kier molecular flexibility index (Phi) is 3.75. The number of amides is 1. The predicted octanol–water partition coefficient (Wildman–Crippen LogP) is 3.25. The molecule has 3 aromatic rings. The zero-order valence-corrected chi connectivity index (χ0v) is 13.2. The van der Waals surface area contributed by atoms with Gasteiger partial charge in [0, 0.05) is 49.0 Å². The van der Waals surface area contributed by atoms with Crippen LogP contribution in [0.5, 0.6) is 0 Å². The fourth-order valence-electron chi connectivity index (χ4n) is 3.35. The molecule has 4 nitrogen and oxygen atoms in total. The first kappa shape index (κ1) is 14.8. The molecule has 0 aliphatic carbocycles. The lowest BCUT2D eigenvalue weighted by Crippen LogP contribution is -2.24. The van der Waals surface area contributed by atoms with Gasteiger partial charge in [-0.1, -0.05) is 30.3 Å². The van der Waals surface area contributed by atoms with Crippen LogP contribution in [-0.2, 0) is 4.79 Å². The number of benzene rings is 2. The summed E-state index contributed by atoms with van der Waals surface area (Å²) in [6, 6.07) is 16.3. The molecule has 0 bridgehead atoms. The number of anilines is 1. The van der Waals surface area contributed by atoms with Crippen LogP contribution >= 0.6 is 0 Å². The van der Waals surface area contributed by atoms with Crippen LogP contribution in [0.3, 0.4) is 0 Å². The molecule has 120 valence electrons. The van der Waals surface area contributed by atoms with Crippen LogP contribution in [0.1, 0.15) is 6.42 Å². The Hall–Kier alpha value is -2.72. The van der Waals surface area contributed by atoms with E-state index in [1.807, 2.05) is 42.6 Å². The van der Waals surface area contributed by atoms with Crippen molar-refractivity contribution in [1.29, 1.82) is 0 Å². The molecule has 0 saturated carbocycles. The van der Waals surface area contributed by atoms with E-state index in [-0.39, 0.29) is 18.4 Å². The van der Waals surface area contributed by atoms with Crippen LogP contribution in [-0.4, -0.2) is 29.1 Å². The molecule has 0 spiro atoms. The van der Waals surface area contributed by atoms with Crippen LogP contribution in [0.15, 0.2) is 60.9 Å². The molecule has 1 N–H and O–H groups in total. The molecule has 1 aliphatic rings. The van der Waals surface area contributed by atoms with Crippen molar-refractivity contribution in [2.45, 2.75) is 6.42 Å². The summed E-state index contributed by atoms with van der Waals surface area (Å²) in [5.41, 5.74) is 3.16. The number of nitrogens with zero attached hydrogens (tertiary/aromatic N) is 2. The number of aromatic nitrogens is 1. The van der Waals surface area contributed by atoms with Crippen molar-refractivity contribution < 1.29 is 9.90 Å². The molecule has 2 aromatic carbocycles. The van der Waals surface area contributed by atoms with Gasteiger partial charge in [-0.2, -0.15) is 0 Å². The number of rotatable bonds is 3. The van der Waals surface area contributed by atoms with Gasteiger partial charge in [0.25, 0.3) is 0 Å². The Morgan fingerprint density at radius 2 is 1.96 bits per heavy atom. The number of pyridine rings is 1. The van der Waals surface area contributed by atoms with Crippen molar-refractivity contribution >= 4 is 22.4 Å². The first-order chi connectivity index (χ1) is 11.8. The van der Waals surface area contributed by atoms with Crippen LogP contribution in [0.25, 0.3) is 21.9 Å². The average Bonchev–Trinajstić information content (AvgIpc) is 3.02. The highest BCUT2D eigenvalue weighted by atomic mass is 16.3. The summed E-state index contributed by atoms with van der Waals surface area (Å²) in [4.78, 5) is 18.0. The lowest BCUT2D eigenvalue weighted by molar-refractivity contribution is -0.117. The summed E-state index contributed by atoms with van der Waals surface area (Å²) in [5, 5.41) is 11.5. The molecule has 0 radical (unpaired) electrons. The van der Waals surface area contributed by atoms with Crippen LogP contribution in [0.2, 0.25) is 0 Å². The predicted molar refractivity (Wildman–Crippen MR) is 94.7 cm³/mol. The number of hydrogen-bond acceptors (Lipinski definition) is 3. The Balaban J connectivity index is 1.68. The topological polar surface area (TPSA) is 53.4 Å². The maximum atomic E-state index is 12.1. The Bertz CT molecular complexity index is 884. The van der Waals surface area contributed by atoms with E-state index >= 15 is 0 Å². The van der Waals surface area contributed by atoms with Crippen molar-refractivity contribution in [2.75, 3.05) is 18.1 Å². The van der Waals surface area contributed by atoms with Gasteiger partial charge in [0.15, 0.2) is 0 Å². The maximum Gasteiger partial charge on any atom is 0.227 e. The Morgan fingerprint density at radius 3 is 2.71 bits per heavy atom. The third-order valence-electron chi connectivity index (χ3n) is 4.63. The van der Waals surface area contributed by atoms with E-state index in [4.69, 9.17) is 0 Å². The third kappa shape index (κ3) is 2.55. The lowest BCUT2D eigenvalue weighted by Gasteiger charge is -2.17. The fraction of sp³-hybridized carbons (Fsp3) is 0.200. The van der Waals surface area contributed by atoms with Gasteiger partial charge >= 0.3 is 0 Å². The molecular weight excluding hydrogens is 300 g/mol. The van der Waals surface area contributed by atoms with Crippen LogP contribution < -0.4 is 4.90 Å². The fourth-order valence-corrected chi connectivity index (χ4v) is 3.35.